The van der Waals surface area contributed by atoms with Gasteiger partial charge in [-0.2, -0.15) is 0 Å². The van der Waals surface area contributed by atoms with Crippen LogP contribution in [-0.2, 0) is 16.0 Å². The number of benzene rings is 2. The second kappa shape index (κ2) is 18.6. The van der Waals surface area contributed by atoms with Crippen molar-refractivity contribution in [2.45, 2.75) is 44.1 Å². The number of piperazine rings is 1. The van der Waals surface area contributed by atoms with Crippen molar-refractivity contribution in [1.29, 1.82) is 0 Å². The lowest BCUT2D eigenvalue weighted by molar-refractivity contribution is -0.116. The number of likely N-dealkylation sites (N-methyl/N-ethyl adjacent to an activating group) is 1. The monoisotopic (exact) mass is 608 g/mol. The van der Waals surface area contributed by atoms with Crippen LogP contribution in [0.5, 0.6) is 0 Å². The molecule has 2 fully saturated rings. The quantitative estimate of drug-likeness (QED) is 0.255. The zero-order valence-electron chi connectivity index (χ0n) is 26.5. The maximum absolute atomic E-state index is 12.4. The molecule has 2 aliphatic heterocycles. The molecule has 10 heteroatoms. The highest BCUT2D eigenvalue weighted by Crippen LogP contribution is 2.20. The minimum atomic E-state index is -0.833. The molecule has 242 valence electrons. The molecule has 0 bridgehead atoms. The first-order valence-electron chi connectivity index (χ1n) is 15.9. The highest BCUT2D eigenvalue weighted by molar-refractivity contribution is 5.95. The van der Waals surface area contributed by atoms with Crippen LogP contribution in [0.1, 0.15) is 48.0 Å². The number of amides is 2. The van der Waals surface area contributed by atoms with Crippen LogP contribution >= 0.6 is 0 Å². The molecule has 2 aromatic rings. The zero-order chi connectivity index (χ0) is 31.8. The Morgan fingerprint density at radius 1 is 0.955 bits per heavy atom. The number of aliphatic hydroxyl groups is 1. The van der Waals surface area contributed by atoms with E-state index in [-0.39, 0.29) is 24.3 Å². The molecular formula is C34H52N6O4. The standard InChI is InChI=1S/C22H35N5O3.C12H17NO/c1-25-11-8-22(30,9-12-25)17-23-21(29)18-3-5-19(6-4-18)24-20(28)7-10-27-15-13-26(2)14-16-27;13-8-4-7-12(10-14)9-11-5-2-1-3-6-11/h3-6,30H,7-17H2,1-2H3,(H,23,29)(H,24,28);1-3,5-6,10,12H,4,7-9,13H2. The third kappa shape index (κ3) is 12.8. The van der Waals surface area contributed by atoms with E-state index in [4.69, 9.17) is 5.73 Å². The average Bonchev–Trinajstić information content (AvgIpc) is 3.04. The molecule has 10 nitrogen and oxygen atoms in total. The Hall–Kier alpha value is -3.15. The van der Waals surface area contributed by atoms with Crippen molar-refractivity contribution >= 4 is 23.8 Å². The summed E-state index contributed by atoms with van der Waals surface area (Å²) in [6, 6.07) is 17.0. The minimum Gasteiger partial charge on any atom is -0.388 e. The van der Waals surface area contributed by atoms with Gasteiger partial charge in [-0.15, -0.1) is 0 Å². The number of nitrogens with one attached hydrogen (secondary N) is 2. The van der Waals surface area contributed by atoms with E-state index in [1.807, 2.05) is 25.2 Å². The first kappa shape index (κ1) is 35.3. The van der Waals surface area contributed by atoms with E-state index in [1.165, 1.54) is 5.56 Å². The number of hydrogen-bond acceptors (Lipinski definition) is 8. The number of nitrogens with zero attached hydrogens (tertiary/aromatic N) is 3. The van der Waals surface area contributed by atoms with Crippen LogP contribution < -0.4 is 16.4 Å². The highest BCUT2D eigenvalue weighted by atomic mass is 16.3. The van der Waals surface area contributed by atoms with Gasteiger partial charge in [-0.05, 0) is 82.6 Å². The van der Waals surface area contributed by atoms with Gasteiger partial charge in [0, 0.05) is 75.9 Å². The number of hydrogen-bond donors (Lipinski definition) is 4. The summed E-state index contributed by atoms with van der Waals surface area (Å²) < 4.78 is 0. The summed E-state index contributed by atoms with van der Waals surface area (Å²) >= 11 is 0. The molecule has 2 heterocycles. The van der Waals surface area contributed by atoms with E-state index in [9.17, 15) is 19.5 Å². The number of carbonyl (C=O) groups is 3. The predicted molar refractivity (Wildman–Crippen MR) is 176 cm³/mol. The first-order chi connectivity index (χ1) is 21.2. The lowest BCUT2D eigenvalue weighted by Gasteiger charge is -2.36. The summed E-state index contributed by atoms with van der Waals surface area (Å²) in [5.41, 5.74) is 7.00. The van der Waals surface area contributed by atoms with Crippen molar-refractivity contribution < 1.29 is 19.5 Å². The van der Waals surface area contributed by atoms with Crippen LogP contribution in [0.2, 0.25) is 0 Å². The number of aldehydes is 1. The lowest BCUT2D eigenvalue weighted by atomic mass is 9.91. The number of piperidine rings is 1. The smallest absolute Gasteiger partial charge is 0.251 e. The molecule has 5 N–H and O–H groups in total. The maximum atomic E-state index is 12.4. The Balaban J connectivity index is 0.000000317. The Morgan fingerprint density at radius 2 is 1.59 bits per heavy atom. The lowest BCUT2D eigenvalue weighted by Crippen LogP contribution is -2.50. The second-order valence-corrected chi connectivity index (χ2v) is 12.2. The summed E-state index contributed by atoms with van der Waals surface area (Å²) in [4.78, 5) is 42.2. The van der Waals surface area contributed by atoms with Crippen LogP contribution in [0, 0.1) is 5.92 Å². The van der Waals surface area contributed by atoms with Crippen molar-refractivity contribution in [3.63, 3.8) is 0 Å². The second-order valence-electron chi connectivity index (χ2n) is 12.2. The van der Waals surface area contributed by atoms with Gasteiger partial charge >= 0.3 is 0 Å². The molecule has 1 unspecified atom stereocenters. The summed E-state index contributed by atoms with van der Waals surface area (Å²) in [5.74, 6) is -0.105. The van der Waals surface area contributed by atoms with Crippen molar-refractivity contribution in [2.75, 3.05) is 78.3 Å². The number of rotatable bonds is 13. The fourth-order valence-electron chi connectivity index (χ4n) is 5.33. The van der Waals surface area contributed by atoms with Gasteiger partial charge in [-0.25, -0.2) is 0 Å². The fraction of sp³-hybridized carbons (Fsp3) is 0.559. The number of anilines is 1. The van der Waals surface area contributed by atoms with Crippen molar-refractivity contribution in [2.24, 2.45) is 11.7 Å². The van der Waals surface area contributed by atoms with Crippen molar-refractivity contribution in [3.8, 4) is 0 Å². The summed E-state index contributed by atoms with van der Waals surface area (Å²) in [7, 11) is 4.15. The molecule has 0 aromatic heterocycles. The molecule has 2 amide bonds. The fourth-order valence-corrected chi connectivity index (χ4v) is 5.33. The van der Waals surface area contributed by atoms with Gasteiger partial charge in [0.2, 0.25) is 5.91 Å². The van der Waals surface area contributed by atoms with Gasteiger partial charge in [0.25, 0.3) is 5.91 Å². The minimum absolute atomic E-state index is 0.0179. The van der Waals surface area contributed by atoms with E-state index in [0.29, 0.717) is 37.1 Å². The van der Waals surface area contributed by atoms with E-state index in [0.717, 1.165) is 71.4 Å². The van der Waals surface area contributed by atoms with E-state index in [1.54, 1.807) is 24.3 Å². The largest absolute Gasteiger partial charge is 0.388 e. The molecule has 0 radical (unpaired) electrons. The molecule has 2 aromatic carbocycles. The Bertz CT molecular complexity index is 1130. The Labute approximate surface area is 263 Å². The van der Waals surface area contributed by atoms with Crippen LogP contribution in [0.15, 0.2) is 54.6 Å². The molecule has 1 atom stereocenters. The van der Waals surface area contributed by atoms with Crippen molar-refractivity contribution in [1.82, 2.24) is 20.0 Å². The number of nitrogens with two attached hydrogens (primary N) is 1. The summed E-state index contributed by atoms with van der Waals surface area (Å²) in [6.45, 7) is 7.42. The number of likely N-dealkylation sites (tertiary alicyclic amines) is 1. The van der Waals surface area contributed by atoms with Crippen LogP contribution in [-0.4, -0.2) is 117 Å². The maximum Gasteiger partial charge on any atom is 0.251 e. The van der Waals surface area contributed by atoms with Gasteiger partial charge in [0.1, 0.15) is 6.29 Å². The summed E-state index contributed by atoms with van der Waals surface area (Å²) in [5, 5.41) is 16.3. The molecule has 0 aliphatic carbocycles. The highest BCUT2D eigenvalue weighted by Gasteiger charge is 2.31. The van der Waals surface area contributed by atoms with Crippen LogP contribution in [0.25, 0.3) is 0 Å². The third-order valence-electron chi connectivity index (χ3n) is 8.49. The van der Waals surface area contributed by atoms with Gasteiger partial charge in [-0.1, -0.05) is 30.3 Å². The molecule has 4 rings (SSSR count). The third-order valence-corrected chi connectivity index (χ3v) is 8.49. The summed E-state index contributed by atoms with van der Waals surface area (Å²) in [6.07, 6.45) is 5.48. The van der Waals surface area contributed by atoms with Gasteiger partial charge in [-0.3, -0.25) is 9.59 Å². The van der Waals surface area contributed by atoms with E-state index >= 15 is 0 Å². The number of carbonyl (C=O) groups excluding carboxylic acids is 3. The van der Waals surface area contributed by atoms with E-state index in [2.05, 4.69) is 44.5 Å². The molecule has 0 spiro atoms. The van der Waals surface area contributed by atoms with Crippen LogP contribution in [0.4, 0.5) is 5.69 Å². The van der Waals surface area contributed by atoms with Gasteiger partial charge in [0.05, 0.1) is 5.60 Å². The molecule has 2 aliphatic rings. The molecular weight excluding hydrogens is 556 g/mol. The van der Waals surface area contributed by atoms with E-state index < -0.39 is 5.60 Å². The average molecular weight is 609 g/mol. The topological polar surface area (TPSA) is 131 Å². The van der Waals surface area contributed by atoms with Crippen molar-refractivity contribution in [3.05, 3.63) is 65.7 Å². The van der Waals surface area contributed by atoms with Crippen LogP contribution in [0.3, 0.4) is 0 Å². The molecule has 44 heavy (non-hydrogen) atoms. The molecule has 0 saturated carbocycles. The Morgan fingerprint density at radius 3 is 2.20 bits per heavy atom. The first-order valence-corrected chi connectivity index (χ1v) is 15.9. The van der Waals surface area contributed by atoms with Gasteiger partial charge < -0.3 is 41.0 Å². The van der Waals surface area contributed by atoms with Gasteiger partial charge in [0.15, 0.2) is 0 Å². The Kier molecular flexibility index (Phi) is 14.9. The normalized spacial score (nSPS) is 18.0. The predicted octanol–water partition coefficient (Wildman–Crippen LogP) is 2.23. The zero-order valence-corrected chi connectivity index (χ0v) is 26.5. The molecule has 2 saturated heterocycles. The SMILES string of the molecule is CN1CCN(CCC(=O)Nc2ccc(C(=O)NCC3(O)CCN(C)CC3)cc2)CC1.NCCCC(C=O)Cc1ccccc1.